The van der Waals surface area contributed by atoms with E-state index in [1.807, 2.05) is 0 Å². The number of esters is 2. The molecule has 2 aromatic carbocycles. The van der Waals surface area contributed by atoms with Crippen LogP contribution in [0, 0.1) is 34.0 Å². The number of nitrogens with zero attached hydrogens (tertiary/aromatic N) is 1. The van der Waals surface area contributed by atoms with Crippen LogP contribution in [0.15, 0.2) is 76.1 Å². The number of aliphatic hydroxyl groups is 1. The van der Waals surface area contributed by atoms with Crippen LogP contribution in [0.3, 0.4) is 0 Å². The lowest BCUT2D eigenvalue weighted by Gasteiger charge is -2.62. The van der Waals surface area contributed by atoms with Gasteiger partial charge in [0.1, 0.15) is 11.8 Å². The third-order valence-corrected chi connectivity index (χ3v) is 12.2. The van der Waals surface area contributed by atoms with E-state index in [2.05, 4.69) is 0 Å². The fourth-order valence-corrected chi connectivity index (χ4v) is 9.62. The summed E-state index contributed by atoms with van der Waals surface area (Å²) in [4.78, 5) is 41.2. The molecular formula is C35H33ClFNO7S. The van der Waals surface area contributed by atoms with Gasteiger partial charge in [0.2, 0.25) is 5.60 Å². The summed E-state index contributed by atoms with van der Waals surface area (Å²) in [5.41, 5.74) is -5.61. The van der Waals surface area contributed by atoms with E-state index >= 15 is 4.39 Å². The van der Waals surface area contributed by atoms with Crippen LogP contribution in [0.25, 0.3) is 0 Å². The van der Waals surface area contributed by atoms with Gasteiger partial charge in [0.05, 0.1) is 16.7 Å². The molecule has 0 aromatic heterocycles. The Labute approximate surface area is 275 Å². The molecule has 0 amide bonds. The van der Waals surface area contributed by atoms with Gasteiger partial charge in [-0.25, -0.2) is 14.0 Å². The van der Waals surface area contributed by atoms with Gasteiger partial charge >= 0.3 is 11.9 Å². The molecule has 3 saturated carbocycles. The minimum Gasteiger partial charge on any atom is -0.506 e. The second-order valence-corrected chi connectivity index (χ2v) is 14.5. The molecule has 0 aliphatic heterocycles. The van der Waals surface area contributed by atoms with Crippen LogP contribution in [-0.4, -0.2) is 51.9 Å². The zero-order chi connectivity index (χ0) is 33.1. The molecule has 2 unspecified atom stereocenters. The van der Waals surface area contributed by atoms with E-state index in [1.54, 1.807) is 62.4 Å². The minimum atomic E-state index is -2.12. The normalized spacial score (nSPS) is 34.4. The fourth-order valence-electron chi connectivity index (χ4n) is 8.52. The van der Waals surface area contributed by atoms with Crippen LogP contribution >= 0.6 is 23.4 Å². The SMILES string of the molecule is C[C@]12C=CC(=O)C=C1CC[C@H]1[C@@H]3CCC(OC(=O)c4ccc(Sc5ccc(O)c(Cl)c5)cc4)(C(=O)OCC#N)[C@@]3(C)C[C@H](O)C12F. The van der Waals surface area contributed by atoms with Crippen molar-refractivity contribution in [2.45, 2.75) is 73.1 Å². The van der Waals surface area contributed by atoms with Gasteiger partial charge in [-0.2, -0.15) is 5.26 Å². The number of hydrogen-bond donors (Lipinski definition) is 2. The number of carbonyl (C=O) groups excluding carboxylic acids is 3. The average Bonchev–Trinajstić information content (AvgIpc) is 3.31. The van der Waals surface area contributed by atoms with Gasteiger partial charge in [0, 0.05) is 26.5 Å². The van der Waals surface area contributed by atoms with Crippen LogP contribution in [0.1, 0.15) is 56.3 Å². The zero-order valence-corrected chi connectivity index (χ0v) is 26.9. The maximum absolute atomic E-state index is 17.5. The van der Waals surface area contributed by atoms with E-state index in [1.165, 1.54) is 30.0 Å². The Hall–Kier alpha value is -3.65. The molecule has 0 saturated heterocycles. The Kier molecular flexibility index (Phi) is 8.11. The van der Waals surface area contributed by atoms with Crippen LogP contribution < -0.4 is 0 Å². The van der Waals surface area contributed by atoms with Crippen molar-refractivity contribution in [2.24, 2.45) is 22.7 Å². The number of benzene rings is 2. The molecule has 0 bridgehead atoms. The van der Waals surface area contributed by atoms with Crippen molar-refractivity contribution < 1.29 is 38.5 Å². The number of rotatable bonds is 6. The Bertz CT molecular complexity index is 1720. The van der Waals surface area contributed by atoms with Gasteiger partial charge in [0.15, 0.2) is 18.1 Å². The highest BCUT2D eigenvalue weighted by Gasteiger charge is 2.76. The monoisotopic (exact) mass is 665 g/mol. The lowest BCUT2D eigenvalue weighted by molar-refractivity contribution is -0.224. The maximum atomic E-state index is 17.5. The molecule has 2 aromatic rings. The molecule has 0 spiro atoms. The molecular weight excluding hydrogens is 633 g/mol. The summed E-state index contributed by atoms with van der Waals surface area (Å²) in [7, 11) is 0. The van der Waals surface area contributed by atoms with Crippen LogP contribution in [0.4, 0.5) is 4.39 Å². The number of halogens is 2. The standard InChI is InChI=1S/C35H33ClFNO7S/c1-32-13-11-22(39)17-21(32)5-9-26-25-12-14-34(31(43)44-16-15-38,33(25,2)19-29(41)35(26,32)37)45-30(42)20-3-6-23(7-4-20)46-24-8-10-28(40)27(36)18-24/h3-4,6-8,10-11,13,17-18,25-26,29,40-41H,5,9,12,14,16,19H2,1-2H3/t25-,26-,29-,32-,33-,34?,35?/m0/s1. The smallest absolute Gasteiger partial charge is 0.352 e. The van der Waals surface area contributed by atoms with Crippen molar-refractivity contribution in [1.82, 2.24) is 0 Å². The van der Waals surface area contributed by atoms with Gasteiger partial charge in [0.25, 0.3) is 0 Å². The predicted molar refractivity (Wildman–Crippen MR) is 167 cm³/mol. The predicted octanol–water partition coefficient (Wildman–Crippen LogP) is 6.53. The topological polar surface area (TPSA) is 134 Å². The van der Waals surface area contributed by atoms with Gasteiger partial charge in [-0.05, 0) is 99.6 Å². The minimum absolute atomic E-state index is 0.0292. The highest BCUT2D eigenvalue weighted by atomic mass is 35.5. The number of aliphatic hydroxyl groups excluding tert-OH is 1. The van der Waals surface area contributed by atoms with Gasteiger partial charge in [-0.3, -0.25) is 4.79 Å². The quantitative estimate of drug-likeness (QED) is 0.330. The average molecular weight is 666 g/mol. The van der Waals surface area contributed by atoms with Crippen molar-refractivity contribution in [3.05, 3.63) is 76.9 Å². The van der Waals surface area contributed by atoms with Gasteiger partial charge in [-0.1, -0.05) is 41.9 Å². The molecule has 11 heteroatoms. The maximum Gasteiger partial charge on any atom is 0.352 e. The first kappa shape index (κ1) is 32.3. The van der Waals surface area contributed by atoms with Crippen molar-refractivity contribution in [2.75, 3.05) is 6.61 Å². The Morgan fingerprint density at radius 2 is 1.85 bits per heavy atom. The molecule has 0 radical (unpaired) electrons. The summed E-state index contributed by atoms with van der Waals surface area (Å²) in [6.45, 7) is 2.89. The van der Waals surface area contributed by atoms with Crippen molar-refractivity contribution >= 4 is 41.1 Å². The molecule has 2 N–H and O–H groups in total. The molecule has 8 nitrogen and oxygen atoms in total. The molecule has 6 rings (SSSR count). The van der Waals surface area contributed by atoms with E-state index in [-0.39, 0.29) is 35.0 Å². The number of phenolic OH excluding ortho intramolecular Hbond substituents is 1. The summed E-state index contributed by atoms with van der Waals surface area (Å²) in [6, 6.07) is 13.1. The van der Waals surface area contributed by atoms with Crippen LogP contribution in [-0.2, 0) is 19.1 Å². The third-order valence-electron chi connectivity index (χ3n) is 10.9. The van der Waals surface area contributed by atoms with Crippen LogP contribution in [0.5, 0.6) is 5.75 Å². The number of carbonyl (C=O) groups is 3. The number of nitriles is 1. The summed E-state index contributed by atoms with van der Waals surface area (Å²) in [6.07, 6.45) is 3.78. The van der Waals surface area contributed by atoms with E-state index in [9.17, 15) is 24.6 Å². The summed E-state index contributed by atoms with van der Waals surface area (Å²) in [5.74, 6) is -3.10. The molecule has 7 atom stereocenters. The summed E-state index contributed by atoms with van der Waals surface area (Å²) < 4.78 is 29.0. The van der Waals surface area contributed by atoms with Crippen molar-refractivity contribution in [3.63, 3.8) is 0 Å². The van der Waals surface area contributed by atoms with E-state index in [4.69, 9.17) is 26.3 Å². The summed E-state index contributed by atoms with van der Waals surface area (Å²) in [5, 5.41) is 30.7. The molecule has 4 aliphatic carbocycles. The van der Waals surface area contributed by atoms with Gasteiger partial charge in [-0.15, -0.1) is 0 Å². The summed E-state index contributed by atoms with van der Waals surface area (Å²) >= 11 is 7.39. The first-order chi connectivity index (χ1) is 21.8. The number of hydrogen-bond acceptors (Lipinski definition) is 9. The molecule has 0 heterocycles. The van der Waals surface area contributed by atoms with E-state index in [0.29, 0.717) is 24.8 Å². The Morgan fingerprint density at radius 1 is 1.13 bits per heavy atom. The number of fused-ring (bicyclic) bond motifs is 5. The third kappa shape index (κ3) is 4.78. The molecule has 240 valence electrons. The second kappa shape index (κ2) is 11.5. The molecule has 3 fully saturated rings. The largest absolute Gasteiger partial charge is 0.506 e. The highest BCUT2D eigenvalue weighted by Crippen LogP contribution is 2.70. The Balaban J connectivity index is 1.31. The van der Waals surface area contributed by atoms with Crippen LogP contribution in [0.2, 0.25) is 5.02 Å². The molecule has 4 aliphatic rings. The van der Waals surface area contributed by atoms with Crippen molar-refractivity contribution in [1.29, 1.82) is 5.26 Å². The van der Waals surface area contributed by atoms with Crippen molar-refractivity contribution in [3.8, 4) is 11.8 Å². The highest BCUT2D eigenvalue weighted by molar-refractivity contribution is 7.99. The van der Waals surface area contributed by atoms with Gasteiger partial charge < -0.3 is 19.7 Å². The Morgan fingerprint density at radius 3 is 2.54 bits per heavy atom. The fraction of sp³-hybridized carbons (Fsp3) is 0.429. The second-order valence-electron chi connectivity index (χ2n) is 13.0. The zero-order valence-electron chi connectivity index (χ0n) is 25.3. The molecule has 46 heavy (non-hydrogen) atoms. The number of allylic oxidation sites excluding steroid dienone is 4. The number of aromatic hydroxyl groups is 1. The number of phenols is 1. The first-order valence-electron chi connectivity index (χ1n) is 15.1. The lowest BCUT2D eigenvalue weighted by Crippen LogP contribution is -2.69. The van der Waals surface area contributed by atoms with E-state index in [0.717, 1.165) is 9.79 Å². The number of alkyl halides is 1. The number of ether oxygens (including phenoxy) is 2. The first-order valence-corrected chi connectivity index (χ1v) is 16.3. The lowest BCUT2D eigenvalue weighted by atomic mass is 9.45. The number of ketones is 1. The van der Waals surface area contributed by atoms with E-state index < -0.39 is 58.6 Å².